The Morgan fingerprint density at radius 3 is 2.71 bits per heavy atom. The van der Waals surface area contributed by atoms with Gasteiger partial charge >= 0.3 is 11.9 Å². The summed E-state index contributed by atoms with van der Waals surface area (Å²) < 4.78 is 6.54. The molecule has 0 aliphatic heterocycles. The van der Waals surface area contributed by atoms with E-state index in [4.69, 9.17) is 15.6 Å². The number of nitrogens with two attached hydrogens (primary N) is 1. The van der Waals surface area contributed by atoms with Gasteiger partial charge in [-0.15, -0.1) is 0 Å². The number of carbonyl (C=O) groups excluding carboxylic acids is 1. The molecule has 0 aromatic carbocycles. The first-order valence-electron chi connectivity index (χ1n) is 5.28. The molecule has 3 N–H and O–H groups in total. The van der Waals surface area contributed by atoms with Crippen molar-refractivity contribution in [3.63, 3.8) is 0 Å². The summed E-state index contributed by atoms with van der Waals surface area (Å²) in [5.41, 5.74) is 6.42. The van der Waals surface area contributed by atoms with Crippen molar-refractivity contribution in [2.24, 2.45) is 0 Å². The first-order valence-corrected chi connectivity index (χ1v) is 5.28. The third-order valence-corrected chi connectivity index (χ3v) is 2.18. The number of esters is 1. The number of carbonyl (C=O) groups is 2. The first kappa shape index (κ1) is 13.1. The third kappa shape index (κ3) is 3.51. The molecule has 0 atom stereocenters. The number of anilines is 1. The van der Waals surface area contributed by atoms with E-state index in [1.165, 1.54) is 6.07 Å². The summed E-state index contributed by atoms with van der Waals surface area (Å²) in [4.78, 5) is 22.0. The topological polar surface area (TPSA) is 94.5 Å². The summed E-state index contributed by atoms with van der Waals surface area (Å²) in [7, 11) is 0. The highest BCUT2D eigenvalue weighted by molar-refractivity contribution is 5.89. The highest BCUT2D eigenvalue weighted by atomic mass is 16.5. The van der Waals surface area contributed by atoms with Crippen LogP contribution in [0.5, 0.6) is 0 Å². The molecule has 6 nitrogen and oxygen atoms in total. The minimum absolute atomic E-state index is 0.0781. The van der Waals surface area contributed by atoms with E-state index in [-0.39, 0.29) is 19.1 Å². The van der Waals surface area contributed by atoms with Crippen molar-refractivity contribution in [1.82, 2.24) is 4.57 Å². The van der Waals surface area contributed by atoms with Crippen LogP contribution in [0.1, 0.15) is 36.8 Å². The van der Waals surface area contributed by atoms with Crippen LogP contribution in [0.2, 0.25) is 0 Å². The number of aliphatic carboxylic acids is 1. The first-order chi connectivity index (χ1) is 7.91. The van der Waals surface area contributed by atoms with Gasteiger partial charge in [-0.05, 0) is 19.9 Å². The number of rotatable bonds is 5. The van der Waals surface area contributed by atoms with Crippen molar-refractivity contribution in [1.29, 1.82) is 0 Å². The van der Waals surface area contributed by atoms with Crippen LogP contribution in [-0.4, -0.2) is 28.2 Å². The van der Waals surface area contributed by atoms with E-state index in [1.54, 1.807) is 10.8 Å². The highest BCUT2D eigenvalue weighted by Crippen LogP contribution is 2.17. The van der Waals surface area contributed by atoms with Crippen LogP contribution in [0.25, 0.3) is 0 Å². The molecule has 0 spiro atoms. The summed E-state index contributed by atoms with van der Waals surface area (Å²) in [6.07, 6.45) is 1.45. The smallest absolute Gasteiger partial charge is 0.355 e. The van der Waals surface area contributed by atoms with Crippen molar-refractivity contribution in [2.45, 2.75) is 26.3 Å². The van der Waals surface area contributed by atoms with Crippen molar-refractivity contribution >= 4 is 17.6 Å². The summed E-state index contributed by atoms with van der Waals surface area (Å²) in [6, 6.07) is 1.60. The van der Waals surface area contributed by atoms with Crippen LogP contribution in [0.15, 0.2) is 12.3 Å². The SMILES string of the molecule is CC(C)n1cc(N)cc1C(=O)OCCC(=O)O. The fraction of sp³-hybridized carbons (Fsp3) is 0.455. The summed E-state index contributed by atoms with van der Waals surface area (Å²) in [5, 5.41) is 8.43. The van der Waals surface area contributed by atoms with Gasteiger partial charge in [0.1, 0.15) is 12.3 Å². The number of carboxylic acid groups (broad SMARTS) is 1. The number of ether oxygens (including phenoxy) is 1. The Kier molecular flexibility index (Phi) is 4.14. The average Bonchev–Trinajstić information content (AvgIpc) is 2.59. The Bertz CT molecular complexity index is 423. The minimum Gasteiger partial charge on any atom is -0.481 e. The molecule has 0 unspecified atom stereocenters. The second-order valence-electron chi connectivity index (χ2n) is 3.94. The largest absolute Gasteiger partial charge is 0.481 e. The standard InChI is InChI=1S/C11H16N2O4/c1-7(2)13-6-8(12)5-9(13)11(16)17-4-3-10(14)15/h5-7H,3-4,12H2,1-2H3,(H,14,15). The molecule has 6 heteroatoms. The van der Waals surface area contributed by atoms with E-state index in [0.717, 1.165) is 0 Å². The van der Waals surface area contributed by atoms with Gasteiger partial charge in [0.2, 0.25) is 0 Å². The lowest BCUT2D eigenvalue weighted by molar-refractivity contribution is -0.137. The molecule has 0 fully saturated rings. The van der Waals surface area contributed by atoms with E-state index >= 15 is 0 Å². The predicted octanol–water partition coefficient (Wildman–Crippen LogP) is 1.28. The van der Waals surface area contributed by atoms with Gasteiger partial charge in [0, 0.05) is 12.2 Å². The number of hydrogen-bond donors (Lipinski definition) is 2. The minimum atomic E-state index is -1.00. The second-order valence-corrected chi connectivity index (χ2v) is 3.94. The van der Waals surface area contributed by atoms with Crippen LogP contribution >= 0.6 is 0 Å². The molecule has 94 valence electrons. The van der Waals surface area contributed by atoms with Gasteiger partial charge in [-0.2, -0.15) is 0 Å². The van der Waals surface area contributed by atoms with Crippen LogP contribution in [0.4, 0.5) is 5.69 Å². The number of hydrogen-bond acceptors (Lipinski definition) is 4. The maximum atomic E-state index is 11.7. The molecule has 1 aromatic rings. The van der Waals surface area contributed by atoms with Gasteiger partial charge in [-0.25, -0.2) is 4.79 Å². The van der Waals surface area contributed by atoms with Gasteiger partial charge in [-0.1, -0.05) is 0 Å². The zero-order valence-electron chi connectivity index (χ0n) is 9.84. The predicted molar refractivity (Wildman–Crippen MR) is 61.8 cm³/mol. The molecule has 0 amide bonds. The van der Waals surface area contributed by atoms with Crippen LogP contribution in [0, 0.1) is 0 Å². The van der Waals surface area contributed by atoms with Gasteiger partial charge in [0.25, 0.3) is 0 Å². The molecule has 0 saturated carbocycles. The zero-order valence-corrected chi connectivity index (χ0v) is 9.84. The van der Waals surface area contributed by atoms with E-state index in [2.05, 4.69) is 0 Å². The Morgan fingerprint density at radius 1 is 1.53 bits per heavy atom. The van der Waals surface area contributed by atoms with Gasteiger partial charge < -0.3 is 20.1 Å². The molecule has 0 saturated heterocycles. The van der Waals surface area contributed by atoms with E-state index in [0.29, 0.717) is 11.4 Å². The Balaban J connectivity index is 2.71. The van der Waals surface area contributed by atoms with Crippen molar-refractivity contribution < 1.29 is 19.4 Å². The molecule has 17 heavy (non-hydrogen) atoms. The molecule has 1 aromatic heterocycles. The fourth-order valence-corrected chi connectivity index (χ4v) is 1.40. The lowest BCUT2D eigenvalue weighted by atomic mass is 10.3. The number of aromatic nitrogens is 1. The zero-order chi connectivity index (χ0) is 13.0. The lowest BCUT2D eigenvalue weighted by Crippen LogP contribution is -2.15. The Morgan fingerprint density at radius 2 is 2.18 bits per heavy atom. The maximum absolute atomic E-state index is 11.7. The molecular weight excluding hydrogens is 224 g/mol. The molecule has 0 radical (unpaired) electrons. The van der Waals surface area contributed by atoms with Crippen LogP contribution < -0.4 is 5.73 Å². The average molecular weight is 240 g/mol. The summed E-state index contributed by atoms with van der Waals surface area (Å²) in [6.45, 7) is 3.68. The highest BCUT2D eigenvalue weighted by Gasteiger charge is 2.16. The number of carboxylic acids is 1. The van der Waals surface area contributed by atoms with Crippen LogP contribution in [0.3, 0.4) is 0 Å². The second kappa shape index (κ2) is 5.38. The third-order valence-electron chi connectivity index (χ3n) is 2.18. The normalized spacial score (nSPS) is 10.5. The molecule has 1 rings (SSSR count). The van der Waals surface area contributed by atoms with Crippen molar-refractivity contribution in [3.8, 4) is 0 Å². The molecule has 0 aliphatic rings. The maximum Gasteiger partial charge on any atom is 0.355 e. The Labute approximate surface area is 99.0 Å². The van der Waals surface area contributed by atoms with Gasteiger partial charge in [0.15, 0.2) is 0 Å². The quantitative estimate of drug-likeness (QED) is 0.756. The molecular formula is C11H16N2O4. The summed E-state index contributed by atoms with van der Waals surface area (Å²) >= 11 is 0. The fourth-order valence-electron chi connectivity index (χ4n) is 1.40. The van der Waals surface area contributed by atoms with E-state index < -0.39 is 11.9 Å². The monoisotopic (exact) mass is 240 g/mol. The van der Waals surface area contributed by atoms with Crippen molar-refractivity contribution in [2.75, 3.05) is 12.3 Å². The Hall–Kier alpha value is -1.98. The van der Waals surface area contributed by atoms with Crippen LogP contribution in [-0.2, 0) is 9.53 Å². The van der Waals surface area contributed by atoms with Crippen molar-refractivity contribution in [3.05, 3.63) is 18.0 Å². The summed E-state index contributed by atoms with van der Waals surface area (Å²) in [5.74, 6) is -1.56. The lowest BCUT2D eigenvalue weighted by Gasteiger charge is -2.11. The molecule has 0 aliphatic carbocycles. The van der Waals surface area contributed by atoms with E-state index in [9.17, 15) is 9.59 Å². The van der Waals surface area contributed by atoms with Gasteiger partial charge in [-0.3, -0.25) is 4.79 Å². The van der Waals surface area contributed by atoms with E-state index in [1.807, 2.05) is 13.8 Å². The molecule has 0 bridgehead atoms. The number of nitrogens with zero attached hydrogens (tertiary/aromatic N) is 1. The molecule has 1 heterocycles. The number of nitrogen functional groups attached to an aromatic ring is 1. The van der Waals surface area contributed by atoms with Gasteiger partial charge in [0.05, 0.1) is 12.1 Å².